The number of likely N-dealkylation sites (tertiary alicyclic amines) is 1. The number of oxazole rings is 1. The molecule has 1 fully saturated rings. The maximum Gasteiger partial charge on any atom is 0.235 e. The first kappa shape index (κ1) is 18.6. The Morgan fingerprint density at radius 2 is 1.92 bits per heavy atom. The summed E-state index contributed by atoms with van der Waals surface area (Å²) in [5.41, 5.74) is 1.47. The van der Waals surface area contributed by atoms with E-state index in [1.165, 1.54) is 6.42 Å². The standard InChI is InChI=1S/C19H24N2O4S/c1-14-17(12-26(23)13-18(22)21-10-4-3-5-11-21)20-19(25-14)15-6-8-16(24-2)9-7-15/h6-9H,3-5,10-13H2,1-2H3/t26-/m0/s1. The smallest absolute Gasteiger partial charge is 0.235 e. The minimum Gasteiger partial charge on any atom is -0.497 e. The third-order valence-electron chi connectivity index (χ3n) is 4.52. The average Bonchev–Trinajstić information content (AvgIpc) is 3.02. The molecule has 0 N–H and O–H groups in total. The number of hydrogen-bond acceptors (Lipinski definition) is 5. The van der Waals surface area contributed by atoms with Crippen molar-refractivity contribution in [1.29, 1.82) is 0 Å². The largest absolute Gasteiger partial charge is 0.497 e. The Balaban J connectivity index is 1.63. The lowest BCUT2D eigenvalue weighted by atomic mass is 10.1. The van der Waals surface area contributed by atoms with E-state index >= 15 is 0 Å². The van der Waals surface area contributed by atoms with Crippen LogP contribution in [0.2, 0.25) is 0 Å². The molecule has 1 aliphatic heterocycles. The molecule has 2 aromatic rings. The fourth-order valence-electron chi connectivity index (χ4n) is 2.99. The summed E-state index contributed by atoms with van der Waals surface area (Å²) in [4.78, 5) is 18.5. The lowest BCUT2D eigenvalue weighted by Crippen LogP contribution is -2.38. The van der Waals surface area contributed by atoms with Crippen LogP contribution in [0.1, 0.15) is 30.7 Å². The zero-order valence-corrected chi connectivity index (χ0v) is 16.0. The van der Waals surface area contributed by atoms with E-state index in [4.69, 9.17) is 9.15 Å². The molecule has 1 saturated heterocycles. The summed E-state index contributed by atoms with van der Waals surface area (Å²) in [6.45, 7) is 3.36. The Labute approximate surface area is 156 Å². The van der Waals surface area contributed by atoms with E-state index in [1.807, 2.05) is 29.2 Å². The molecule has 0 bridgehead atoms. The fourth-order valence-corrected chi connectivity index (χ4v) is 4.13. The number of carbonyl (C=O) groups excluding carboxylic acids is 1. The second-order valence-electron chi connectivity index (χ2n) is 6.42. The number of nitrogens with zero attached hydrogens (tertiary/aromatic N) is 2. The predicted octanol–water partition coefficient (Wildman–Crippen LogP) is 2.92. The molecule has 0 saturated carbocycles. The van der Waals surface area contributed by atoms with Gasteiger partial charge in [-0.2, -0.15) is 0 Å². The molecule has 140 valence electrons. The number of piperidine rings is 1. The molecule has 1 aliphatic rings. The van der Waals surface area contributed by atoms with Crippen molar-refractivity contribution in [3.63, 3.8) is 0 Å². The monoisotopic (exact) mass is 376 g/mol. The van der Waals surface area contributed by atoms with E-state index in [9.17, 15) is 9.00 Å². The summed E-state index contributed by atoms with van der Waals surface area (Å²) < 4.78 is 23.3. The number of aryl methyl sites for hydroxylation is 1. The molecule has 1 aromatic carbocycles. The van der Waals surface area contributed by atoms with Crippen LogP contribution in [-0.4, -0.2) is 46.0 Å². The highest BCUT2D eigenvalue weighted by atomic mass is 32.2. The van der Waals surface area contributed by atoms with Gasteiger partial charge in [0.1, 0.15) is 17.3 Å². The van der Waals surface area contributed by atoms with E-state index < -0.39 is 10.8 Å². The van der Waals surface area contributed by atoms with E-state index in [2.05, 4.69) is 4.98 Å². The second-order valence-corrected chi connectivity index (χ2v) is 7.88. The highest BCUT2D eigenvalue weighted by Crippen LogP contribution is 2.24. The second kappa shape index (κ2) is 8.49. The van der Waals surface area contributed by atoms with Crippen molar-refractivity contribution in [2.75, 3.05) is 26.0 Å². The van der Waals surface area contributed by atoms with Gasteiger partial charge in [0.25, 0.3) is 0 Å². The first-order valence-corrected chi connectivity index (χ1v) is 10.3. The van der Waals surface area contributed by atoms with Crippen molar-refractivity contribution in [2.45, 2.75) is 31.9 Å². The van der Waals surface area contributed by atoms with Gasteiger partial charge in [0.2, 0.25) is 11.8 Å². The summed E-state index contributed by atoms with van der Waals surface area (Å²) in [7, 11) is 0.319. The fraction of sp³-hybridized carbons (Fsp3) is 0.474. The lowest BCUT2D eigenvalue weighted by molar-refractivity contribution is -0.129. The number of hydrogen-bond donors (Lipinski definition) is 0. The normalized spacial score (nSPS) is 15.7. The van der Waals surface area contributed by atoms with Gasteiger partial charge in [0.05, 0.1) is 18.6 Å². The van der Waals surface area contributed by atoms with Gasteiger partial charge in [0, 0.05) is 29.5 Å². The Hall–Kier alpha value is -2.15. The number of rotatable bonds is 6. The average molecular weight is 376 g/mol. The molecule has 2 heterocycles. The first-order valence-electron chi connectivity index (χ1n) is 8.80. The van der Waals surface area contributed by atoms with Crippen LogP contribution in [0.4, 0.5) is 0 Å². The molecule has 1 amide bonds. The summed E-state index contributed by atoms with van der Waals surface area (Å²) in [5, 5.41) is 0. The molecule has 1 atom stereocenters. The number of benzene rings is 1. The van der Waals surface area contributed by atoms with Crippen molar-refractivity contribution in [3.05, 3.63) is 35.7 Å². The topological polar surface area (TPSA) is 72.6 Å². The molecule has 0 unspecified atom stereocenters. The van der Waals surface area contributed by atoms with Crippen molar-refractivity contribution in [2.24, 2.45) is 0 Å². The number of ether oxygens (including phenoxy) is 1. The van der Waals surface area contributed by atoms with E-state index in [1.54, 1.807) is 14.0 Å². The van der Waals surface area contributed by atoms with E-state index in [0.717, 1.165) is 37.2 Å². The molecule has 0 aliphatic carbocycles. The van der Waals surface area contributed by atoms with Gasteiger partial charge in [-0.05, 0) is 50.5 Å². The molecular formula is C19H24N2O4S. The van der Waals surface area contributed by atoms with Crippen molar-refractivity contribution >= 4 is 16.7 Å². The van der Waals surface area contributed by atoms with Crippen molar-refractivity contribution in [3.8, 4) is 17.2 Å². The lowest BCUT2D eigenvalue weighted by Gasteiger charge is -2.26. The summed E-state index contributed by atoms with van der Waals surface area (Å²) >= 11 is 0. The van der Waals surface area contributed by atoms with Crippen LogP contribution in [0, 0.1) is 6.92 Å². The van der Waals surface area contributed by atoms with Crippen LogP contribution in [0.25, 0.3) is 11.5 Å². The molecule has 3 rings (SSSR count). The van der Waals surface area contributed by atoms with Crippen LogP contribution in [0.3, 0.4) is 0 Å². The zero-order chi connectivity index (χ0) is 18.5. The minimum absolute atomic E-state index is 0.0282. The molecule has 0 spiro atoms. The Morgan fingerprint density at radius 3 is 2.58 bits per heavy atom. The van der Waals surface area contributed by atoms with Gasteiger partial charge >= 0.3 is 0 Å². The van der Waals surface area contributed by atoms with Gasteiger partial charge in [-0.15, -0.1) is 0 Å². The number of amides is 1. The van der Waals surface area contributed by atoms with Gasteiger partial charge in [0.15, 0.2) is 0 Å². The van der Waals surface area contributed by atoms with Gasteiger partial charge < -0.3 is 14.1 Å². The third-order valence-corrected chi connectivity index (χ3v) is 5.68. The van der Waals surface area contributed by atoms with Gasteiger partial charge in [-0.3, -0.25) is 9.00 Å². The minimum atomic E-state index is -1.29. The van der Waals surface area contributed by atoms with Crippen LogP contribution >= 0.6 is 0 Å². The molecule has 0 radical (unpaired) electrons. The quantitative estimate of drug-likeness (QED) is 0.775. The first-order chi connectivity index (χ1) is 12.6. The number of carbonyl (C=O) groups is 1. The van der Waals surface area contributed by atoms with Crippen LogP contribution in [0.15, 0.2) is 28.7 Å². The zero-order valence-electron chi connectivity index (χ0n) is 15.2. The number of aromatic nitrogens is 1. The van der Waals surface area contributed by atoms with E-state index in [-0.39, 0.29) is 17.4 Å². The highest BCUT2D eigenvalue weighted by molar-refractivity contribution is 7.84. The van der Waals surface area contributed by atoms with Crippen LogP contribution in [-0.2, 0) is 21.3 Å². The summed E-state index contributed by atoms with van der Waals surface area (Å²) in [6, 6.07) is 7.41. The molecule has 1 aromatic heterocycles. The van der Waals surface area contributed by atoms with Gasteiger partial charge in [-0.1, -0.05) is 0 Å². The van der Waals surface area contributed by atoms with Crippen molar-refractivity contribution < 1.29 is 18.2 Å². The third kappa shape index (κ3) is 4.52. The maximum atomic E-state index is 12.4. The predicted molar refractivity (Wildman–Crippen MR) is 100 cm³/mol. The number of methoxy groups -OCH3 is 1. The molecule has 6 nitrogen and oxygen atoms in total. The Bertz CT molecular complexity index is 779. The maximum absolute atomic E-state index is 12.4. The molecule has 7 heteroatoms. The highest BCUT2D eigenvalue weighted by Gasteiger charge is 2.20. The van der Waals surface area contributed by atoms with Crippen LogP contribution in [0.5, 0.6) is 5.75 Å². The van der Waals surface area contributed by atoms with E-state index in [0.29, 0.717) is 17.3 Å². The van der Waals surface area contributed by atoms with Crippen LogP contribution < -0.4 is 4.74 Å². The SMILES string of the molecule is COc1ccc(-c2nc(C[S@](=O)CC(=O)N3CCCCC3)c(C)o2)cc1. The Kier molecular flexibility index (Phi) is 6.08. The van der Waals surface area contributed by atoms with Crippen molar-refractivity contribution in [1.82, 2.24) is 9.88 Å². The van der Waals surface area contributed by atoms with Gasteiger partial charge in [-0.25, -0.2) is 4.98 Å². The molecular weight excluding hydrogens is 352 g/mol. The molecule has 26 heavy (non-hydrogen) atoms. The summed E-state index contributed by atoms with van der Waals surface area (Å²) in [5.74, 6) is 2.12. The summed E-state index contributed by atoms with van der Waals surface area (Å²) in [6.07, 6.45) is 3.23. The Morgan fingerprint density at radius 1 is 1.23 bits per heavy atom.